The predicted octanol–water partition coefficient (Wildman–Crippen LogP) is 3.45. The maximum atomic E-state index is 13.6. The van der Waals surface area contributed by atoms with Crippen LogP contribution in [0.1, 0.15) is 0 Å². The average molecular weight is 451 g/mol. The topological polar surface area (TPSA) is 52.7 Å². The predicted molar refractivity (Wildman–Crippen MR) is 102 cm³/mol. The largest absolute Gasteiger partial charge is 0.368 e. The van der Waals surface area contributed by atoms with E-state index in [0.717, 1.165) is 11.3 Å². The molecular weight excluding hydrogens is 433 g/mol. The minimum Gasteiger partial charge on any atom is -0.368 e. The van der Waals surface area contributed by atoms with Crippen molar-refractivity contribution in [3.63, 3.8) is 0 Å². The molecule has 1 fully saturated rings. The zero-order valence-corrected chi connectivity index (χ0v) is 17.1. The molecular formula is C16H18BrClFN3O2S. The van der Waals surface area contributed by atoms with Gasteiger partial charge in [-0.1, -0.05) is 34.1 Å². The number of rotatable bonds is 5. The first-order chi connectivity index (χ1) is 11.6. The van der Waals surface area contributed by atoms with Gasteiger partial charge in [-0.3, -0.25) is 9.59 Å². The number of nitrogens with one attached hydrogen (secondary N) is 1. The summed E-state index contributed by atoms with van der Waals surface area (Å²) in [5.41, 5.74) is 0.647. The van der Waals surface area contributed by atoms with Crippen molar-refractivity contribution in [2.45, 2.75) is 0 Å². The van der Waals surface area contributed by atoms with Gasteiger partial charge in [-0.2, -0.15) is 4.39 Å². The van der Waals surface area contributed by atoms with E-state index in [1.807, 2.05) is 0 Å². The maximum absolute atomic E-state index is 13.6. The fraction of sp³-hybridized carbons (Fsp3) is 0.375. The van der Waals surface area contributed by atoms with Gasteiger partial charge in [-0.05, 0) is 11.4 Å². The number of thiophene rings is 1. The smallest absolute Gasteiger partial charge is 0.237 e. The van der Waals surface area contributed by atoms with Crippen LogP contribution in [-0.4, -0.2) is 49.3 Å². The summed E-state index contributed by atoms with van der Waals surface area (Å²) in [6.07, 6.45) is 0. The SMILES string of the molecule is C=C(Br)/C(=C(/Cl)N(C)C)[C@H]1CN(C)C(=O)[C@@H]1C(=O)Nc1ccsc1F. The van der Waals surface area contributed by atoms with Gasteiger partial charge >= 0.3 is 0 Å². The zero-order chi connectivity index (χ0) is 18.9. The second-order valence-corrected chi connectivity index (χ2v) is 8.09. The van der Waals surface area contributed by atoms with E-state index in [0.29, 0.717) is 21.8 Å². The van der Waals surface area contributed by atoms with Crippen LogP contribution in [0.5, 0.6) is 0 Å². The minimum absolute atomic E-state index is 0.0676. The molecule has 1 saturated heterocycles. The van der Waals surface area contributed by atoms with Crippen molar-refractivity contribution in [2.24, 2.45) is 11.8 Å². The Bertz CT molecular complexity index is 749. The fourth-order valence-corrected chi connectivity index (χ4v) is 4.17. The van der Waals surface area contributed by atoms with Crippen molar-refractivity contribution < 1.29 is 14.0 Å². The quantitative estimate of drug-likeness (QED) is 0.425. The van der Waals surface area contributed by atoms with Crippen molar-refractivity contribution in [1.29, 1.82) is 0 Å². The molecule has 9 heteroatoms. The van der Waals surface area contributed by atoms with Crippen LogP contribution in [-0.2, 0) is 9.59 Å². The Balaban J connectivity index is 2.40. The van der Waals surface area contributed by atoms with E-state index in [2.05, 4.69) is 27.8 Å². The second-order valence-electron chi connectivity index (χ2n) is 5.90. The number of hydrogen-bond acceptors (Lipinski definition) is 4. The van der Waals surface area contributed by atoms with E-state index >= 15 is 0 Å². The van der Waals surface area contributed by atoms with Crippen molar-refractivity contribution in [1.82, 2.24) is 9.80 Å². The molecule has 1 N–H and O–H groups in total. The second kappa shape index (κ2) is 7.88. The summed E-state index contributed by atoms with van der Waals surface area (Å²) in [6.45, 7) is 4.18. The number of carbonyl (C=O) groups is 2. The van der Waals surface area contributed by atoms with Gasteiger partial charge < -0.3 is 15.1 Å². The van der Waals surface area contributed by atoms with E-state index in [1.54, 1.807) is 26.0 Å². The molecule has 1 aliphatic heterocycles. The van der Waals surface area contributed by atoms with Crippen LogP contribution >= 0.6 is 38.9 Å². The van der Waals surface area contributed by atoms with Crippen molar-refractivity contribution in [2.75, 3.05) is 33.0 Å². The molecule has 1 aliphatic rings. The molecule has 1 aromatic heterocycles. The Labute approximate surface area is 163 Å². The molecule has 136 valence electrons. The Morgan fingerprint density at radius 2 is 2.20 bits per heavy atom. The summed E-state index contributed by atoms with van der Waals surface area (Å²) < 4.78 is 14.1. The Morgan fingerprint density at radius 1 is 1.56 bits per heavy atom. The number of likely N-dealkylation sites (tertiary alicyclic amines) is 1. The lowest BCUT2D eigenvalue weighted by molar-refractivity contribution is -0.135. The highest BCUT2D eigenvalue weighted by Crippen LogP contribution is 2.39. The van der Waals surface area contributed by atoms with Gasteiger partial charge in [-0.25, -0.2) is 0 Å². The number of anilines is 1. The van der Waals surface area contributed by atoms with Crippen molar-refractivity contribution >= 4 is 56.4 Å². The number of amides is 2. The highest BCUT2D eigenvalue weighted by molar-refractivity contribution is 9.11. The summed E-state index contributed by atoms with van der Waals surface area (Å²) in [5.74, 6) is -2.41. The third kappa shape index (κ3) is 4.07. The molecule has 0 saturated carbocycles. The highest BCUT2D eigenvalue weighted by Gasteiger charge is 2.46. The molecule has 1 aromatic rings. The van der Waals surface area contributed by atoms with Crippen molar-refractivity contribution in [3.8, 4) is 0 Å². The van der Waals surface area contributed by atoms with Crippen LogP contribution in [0.25, 0.3) is 0 Å². The zero-order valence-electron chi connectivity index (χ0n) is 14.0. The lowest BCUT2D eigenvalue weighted by Gasteiger charge is -2.23. The lowest BCUT2D eigenvalue weighted by Crippen LogP contribution is -2.34. The van der Waals surface area contributed by atoms with Gasteiger partial charge in [0.2, 0.25) is 11.8 Å². The average Bonchev–Trinajstić information content (AvgIpc) is 3.03. The van der Waals surface area contributed by atoms with Gasteiger partial charge in [0.25, 0.3) is 0 Å². The van der Waals surface area contributed by atoms with Crippen LogP contribution in [0.4, 0.5) is 10.1 Å². The monoisotopic (exact) mass is 449 g/mol. The molecule has 0 aromatic carbocycles. The van der Waals surface area contributed by atoms with E-state index in [-0.39, 0.29) is 11.6 Å². The molecule has 0 radical (unpaired) electrons. The van der Waals surface area contributed by atoms with Gasteiger partial charge in [0, 0.05) is 43.7 Å². The first kappa shape index (κ1) is 19.9. The number of allylic oxidation sites excluding steroid dienone is 1. The van der Waals surface area contributed by atoms with E-state index < -0.39 is 22.9 Å². The van der Waals surface area contributed by atoms with Crippen LogP contribution in [0, 0.1) is 17.0 Å². The molecule has 2 atom stereocenters. The minimum atomic E-state index is -1.01. The molecule has 0 bridgehead atoms. The molecule has 2 heterocycles. The Hall–Kier alpha value is -1.38. The van der Waals surface area contributed by atoms with Crippen LogP contribution < -0.4 is 5.32 Å². The Kier molecular flexibility index (Phi) is 6.29. The summed E-state index contributed by atoms with van der Waals surface area (Å²) >= 11 is 10.6. The molecule has 25 heavy (non-hydrogen) atoms. The molecule has 0 aliphatic carbocycles. The van der Waals surface area contributed by atoms with E-state index in [4.69, 9.17) is 11.6 Å². The van der Waals surface area contributed by atoms with Crippen LogP contribution in [0.2, 0.25) is 0 Å². The molecule has 2 amide bonds. The van der Waals surface area contributed by atoms with Crippen molar-refractivity contribution in [3.05, 3.63) is 38.4 Å². The molecule has 5 nitrogen and oxygen atoms in total. The third-order valence-electron chi connectivity index (χ3n) is 3.95. The van der Waals surface area contributed by atoms with Gasteiger partial charge in [-0.15, -0.1) is 11.3 Å². The van der Waals surface area contributed by atoms with Gasteiger partial charge in [0.15, 0.2) is 5.13 Å². The normalized spacial score (nSPS) is 21.2. The number of halogens is 3. The third-order valence-corrected chi connectivity index (χ3v) is 5.62. The summed E-state index contributed by atoms with van der Waals surface area (Å²) in [7, 11) is 5.13. The summed E-state index contributed by atoms with van der Waals surface area (Å²) in [5, 5.41) is 3.91. The molecule has 0 spiro atoms. The van der Waals surface area contributed by atoms with Crippen LogP contribution in [0.15, 0.2) is 33.2 Å². The lowest BCUT2D eigenvalue weighted by atomic mass is 9.87. The van der Waals surface area contributed by atoms with E-state index in [9.17, 15) is 14.0 Å². The number of carbonyl (C=O) groups excluding carboxylic acids is 2. The summed E-state index contributed by atoms with van der Waals surface area (Å²) in [6, 6.07) is 1.46. The number of nitrogens with zero attached hydrogens (tertiary/aromatic N) is 2. The first-order valence-electron chi connectivity index (χ1n) is 7.35. The van der Waals surface area contributed by atoms with E-state index in [1.165, 1.54) is 16.3 Å². The van der Waals surface area contributed by atoms with Crippen LogP contribution in [0.3, 0.4) is 0 Å². The first-order valence-corrected chi connectivity index (χ1v) is 9.40. The molecule has 2 rings (SSSR count). The van der Waals surface area contributed by atoms with Gasteiger partial charge in [0.1, 0.15) is 11.1 Å². The number of hydrogen-bond donors (Lipinski definition) is 1. The Morgan fingerprint density at radius 3 is 2.68 bits per heavy atom. The maximum Gasteiger partial charge on any atom is 0.237 e. The summed E-state index contributed by atoms with van der Waals surface area (Å²) in [4.78, 5) is 28.4. The highest BCUT2D eigenvalue weighted by atomic mass is 79.9. The van der Waals surface area contributed by atoms with Gasteiger partial charge in [0.05, 0.1) is 5.69 Å². The standard InChI is InChI=1S/C16H18BrClFN3O2S/c1-8(17)11(13(18)21(2)3)9-7-22(4)16(24)12(9)15(23)20-10-5-6-25-14(10)19/h5-6,9,12H,1,7H2,2-4H3,(H,20,23)/b13-11+/t9-,12+/m1/s1. The fourth-order valence-electron chi connectivity index (χ4n) is 2.75. The molecule has 0 unspecified atom stereocenters.